The Labute approximate surface area is 103 Å². The van der Waals surface area contributed by atoms with Gasteiger partial charge in [0.1, 0.15) is 5.82 Å². The van der Waals surface area contributed by atoms with E-state index in [0.29, 0.717) is 17.8 Å². The summed E-state index contributed by atoms with van der Waals surface area (Å²) in [7, 11) is 0. The van der Waals surface area contributed by atoms with E-state index in [4.69, 9.17) is 17.3 Å². The molecule has 1 atom stereocenters. The molecule has 6 heteroatoms. The maximum atomic E-state index is 13.8. The third-order valence-corrected chi connectivity index (χ3v) is 2.87. The van der Waals surface area contributed by atoms with Gasteiger partial charge in [-0.25, -0.2) is 9.07 Å². The zero-order valence-electron chi connectivity index (χ0n) is 9.27. The van der Waals surface area contributed by atoms with Crippen LogP contribution in [-0.2, 0) is 6.54 Å². The Morgan fingerprint density at radius 3 is 3.00 bits per heavy atom. The summed E-state index contributed by atoms with van der Waals surface area (Å²) in [5.74, 6) is -0.495. The van der Waals surface area contributed by atoms with Crippen molar-refractivity contribution in [1.29, 1.82) is 0 Å². The van der Waals surface area contributed by atoms with Crippen LogP contribution in [0.4, 0.5) is 4.39 Å². The molecule has 0 amide bonds. The van der Waals surface area contributed by atoms with Gasteiger partial charge in [-0.3, -0.25) is 0 Å². The predicted octanol–water partition coefficient (Wildman–Crippen LogP) is 2.14. The average Bonchev–Trinajstić information content (AvgIpc) is 2.80. The Balaban J connectivity index is 2.44. The lowest BCUT2D eigenvalue weighted by Gasteiger charge is -2.14. The van der Waals surface area contributed by atoms with Crippen molar-refractivity contribution in [2.45, 2.75) is 19.5 Å². The summed E-state index contributed by atoms with van der Waals surface area (Å²) in [5, 5.41) is 7.70. The van der Waals surface area contributed by atoms with Gasteiger partial charge >= 0.3 is 0 Å². The van der Waals surface area contributed by atoms with E-state index in [1.54, 1.807) is 16.8 Å². The molecule has 1 heterocycles. The van der Waals surface area contributed by atoms with Crippen LogP contribution >= 0.6 is 11.6 Å². The van der Waals surface area contributed by atoms with E-state index in [1.807, 2.05) is 6.92 Å². The third kappa shape index (κ3) is 2.16. The molecule has 0 aliphatic rings. The first-order chi connectivity index (χ1) is 8.15. The van der Waals surface area contributed by atoms with E-state index in [0.717, 1.165) is 0 Å². The van der Waals surface area contributed by atoms with Crippen molar-refractivity contribution in [1.82, 2.24) is 15.0 Å². The minimum Gasteiger partial charge on any atom is -0.319 e. The molecular weight excluding hydrogens is 243 g/mol. The van der Waals surface area contributed by atoms with Gasteiger partial charge in [-0.2, -0.15) is 0 Å². The Morgan fingerprint density at radius 1 is 1.53 bits per heavy atom. The molecule has 0 saturated heterocycles. The second-order valence-corrected chi connectivity index (χ2v) is 4.00. The lowest BCUT2D eigenvalue weighted by atomic mass is 10.0. The molecule has 4 nitrogen and oxygen atoms in total. The zero-order chi connectivity index (χ0) is 12.4. The number of aryl methyl sites for hydroxylation is 1. The number of benzene rings is 1. The van der Waals surface area contributed by atoms with Gasteiger partial charge in [0.2, 0.25) is 0 Å². The third-order valence-electron chi connectivity index (χ3n) is 2.58. The van der Waals surface area contributed by atoms with Crippen LogP contribution in [0.15, 0.2) is 24.4 Å². The van der Waals surface area contributed by atoms with Crippen molar-refractivity contribution in [3.63, 3.8) is 0 Å². The first kappa shape index (κ1) is 12.0. The summed E-state index contributed by atoms with van der Waals surface area (Å²) in [6, 6.07) is 4.14. The average molecular weight is 255 g/mol. The van der Waals surface area contributed by atoms with Crippen molar-refractivity contribution in [2.24, 2.45) is 5.73 Å². The summed E-state index contributed by atoms with van der Waals surface area (Å²) in [5.41, 5.74) is 7.01. The zero-order valence-corrected chi connectivity index (χ0v) is 10.0. The molecule has 90 valence electrons. The van der Waals surface area contributed by atoms with E-state index in [9.17, 15) is 4.39 Å². The fraction of sp³-hybridized carbons (Fsp3) is 0.273. The molecular formula is C11H12ClFN4. The van der Waals surface area contributed by atoms with Crippen LogP contribution in [0.5, 0.6) is 0 Å². The minimum absolute atomic E-state index is 0.0634. The molecule has 0 spiro atoms. The van der Waals surface area contributed by atoms with E-state index < -0.39 is 11.9 Å². The molecule has 0 saturated carbocycles. The molecule has 1 unspecified atom stereocenters. The normalized spacial score (nSPS) is 12.7. The maximum Gasteiger partial charge on any atom is 0.146 e. The van der Waals surface area contributed by atoms with Crippen molar-refractivity contribution in [3.05, 3.63) is 46.5 Å². The Bertz CT molecular complexity index is 526. The highest BCUT2D eigenvalue weighted by Gasteiger charge is 2.19. The number of hydrogen-bond acceptors (Lipinski definition) is 3. The van der Waals surface area contributed by atoms with Gasteiger partial charge in [0.25, 0.3) is 0 Å². The number of aromatic nitrogens is 3. The first-order valence-corrected chi connectivity index (χ1v) is 5.60. The first-order valence-electron chi connectivity index (χ1n) is 5.23. The van der Waals surface area contributed by atoms with Crippen molar-refractivity contribution >= 4 is 11.6 Å². The lowest BCUT2D eigenvalue weighted by Crippen LogP contribution is -2.18. The van der Waals surface area contributed by atoms with E-state index in [-0.39, 0.29) is 5.02 Å². The molecule has 1 aromatic heterocycles. The van der Waals surface area contributed by atoms with E-state index in [2.05, 4.69) is 10.3 Å². The molecule has 0 aliphatic heterocycles. The fourth-order valence-electron chi connectivity index (χ4n) is 1.67. The second kappa shape index (κ2) is 4.81. The molecule has 2 aromatic rings. The number of nitrogens with two attached hydrogens (primary N) is 1. The smallest absolute Gasteiger partial charge is 0.146 e. The molecule has 0 radical (unpaired) electrons. The van der Waals surface area contributed by atoms with Gasteiger partial charge in [0.05, 0.1) is 23.0 Å². The molecule has 1 aromatic carbocycles. The largest absolute Gasteiger partial charge is 0.319 e. The van der Waals surface area contributed by atoms with Crippen molar-refractivity contribution in [2.75, 3.05) is 0 Å². The Hall–Kier alpha value is -1.46. The maximum absolute atomic E-state index is 13.8. The van der Waals surface area contributed by atoms with Crippen LogP contribution in [0, 0.1) is 5.82 Å². The minimum atomic E-state index is -0.622. The molecule has 0 fully saturated rings. The number of nitrogens with zero attached hydrogens (tertiary/aromatic N) is 3. The highest BCUT2D eigenvalue weighted by molar-refractivity contribution is 6.30. The number of rotatable bonds is 3. The predicted molar refractivity (Wildman–Crippen MR) is 63.1 cm³/mol. The Kier molecular flexibility index (Phi) is 3.40. The molecule has 2 rings (SSSR count). The Morgan fingerprint density at radius 2 is 2.29 bits per heavy atom. The van der Waals surface area contributed by atoms with Crippen molar-refractivity contribution < 1.29 is 4.39 Å². The summed E-state index contributed by atoms with van der Waals surface area (Å²) in [6.45, 7) is 2.55. The summed E-state index contributed by atoms with van der Waals surface area (Å²) in [6.07, 6.45) is 1.54. The SMILES string of the molecule is CCn1nncc1C(N)c1cccc(Cl)c1F. The summed E-state index contributed by atoms with van der Waals surface area (Å²) < 4.78 is 15.4. The molecule has 0 aliphatic carbocycles. The topological polar surface area (TPSA) is 56.7 Å². The number of halogens is 2. The van der Waals surface area contributed by atoms with Crippen LogP contribution in [-0.4, -0.2) is 15.0 Å². The van der Waals surface area contributed by atoms with Crippen LogP contribution in [0.25, 0.3) is 0 Å². The van der Waals surface area contributed by atoms with Gasteiger partial charge in [0.15, 0.2) is 0 Å². The number of hydrogen-bond donors (Lipinski definition) is 1. The van der Waals surface area contributed by atoms with Crippen LogP contribution in [0.3, 0.4) is 0 Å². The van der Waals surface area contributed by atoms with Gasteiger partial charge in [-0.05, 0) is 13.0 Å². The molecule has 17 heavy (non-hydrogen) atoms. The van der Waals surface area contributed by atoms with Crippen molar-refractivity contribution in [3.8, 4) is 0 Å². The summed E-state index contributed by atoms with van der Waals surface area (Å²) in [4.78, 5) is 0. The molecule has 0 bridgehead atoms. The van der Waals surface area contributed by atoms with Gasteiger partial charge < -0.3 is 5.73 Å². The van der Waals surface area contributed by atoms with Crippen LogP contribution in [0.1, 0.15) is 24.2 Å². The second-order valence-electron chi connectivity index (χ2n) is 3.60. The molecule has 2 N–H and O–H groups in total. The highest BCUT2D eigenvalue weighted by Crippen LogP contribution is 2.25. The lowest BCUT2D eigenvalue weighted by molar-refractivity contribution is 0.560. The van der Waals surface area contributed by atoms with E-state index in [1.165, 1.54) is 12.3 Å². The van der Waals surface area contributed by atoms with Gasteiger partial charge in [-0.15, -0.1) is 5.10 Å². The summed E-state index contributed by atoms with van der Waals surface area (Å²) >= 11 is 5.72. The van der Waals surface area contributed by atoms with Gasteiger partial charge in [-0.1, -0.05) is 28.9 Å². The van der Waals surface area contributed by atoms with Crippen LogP contribution in [0.2, 0.25) is 5.02 Å². The quantitative estimate of drug-likeness (QED) is 0.913. The van der Waals surface area contributed by atoms with Gasteiger partial charge in [0, 0.05) is 12.1 Å². The highest BCUT2D eigenvalue weighted by atomic mass is 35.5. The fourth-order valence-corrected chi connectivity index (χ4v) is 1.85. The van der Waals surface area contributed by atoms with Crippen LogP contribution < -0.4 is 5.73 Å². The van der Waals surface area contributed by atoms with E-state index >= 15 is 0 Å². The standard InChI is InChI=1S/C11H12ClFN4/c1-2-17-9(6-15-16-17)11(14)7-4-3-5-8(12)10(7)13/h3-6,11H,2,14H2,1H3. The monoisotopic (exact) mass is 254 g/mol.